The van der Waals surface area contributed by atoms with E-state index in [0.717, 1.165) is 19.3 Å². The van der Waals surface area contributed by atoms with Gasteiger partial charge in [-0.25, -0.2) is 4.79 Å². The van der Waals surface area contributed by atoms with Gasteiger partial charge in [0.2, 0.25) is 0 Å². The van der Waals surface area contributed by atoms with Gasteiger partial charge in [0.15, 0.2) is 0 Å². The van der Waals surface area contributed by atoms with Crippen LogP contribution in [0.5, 0.6) is 0 Å². The van der Waals surface area contributed by atoms with Crippen molar-refractivity contribution in [2.45, 2.75) is 96.2 Å². The summed E-state index contributed by atoms with van der Waals surface area (Å²) in [6, 6.07) is 0. The van der Waals surface area contributed by atoms with Gasteiger partial charge in [-0.1, -0.05) is 57.9 Å². The lowest BCUT2D eigenvalue weighted by molar-refractivity contribution is -0.134. The summed E-state index contributed by atoms with van der Waals surface area (Å²) in [4.78, 5) is 11.0. The number of ether oxygens (including phenoxy) is 2. The second-order valence-corrected chi connectivity index (χ2v) is 6.37. The number of carbonyl (C=O) groups is 1. The Kier molecular flexibility index (Phi) is 11.1. The third-order valence-corrected chi connectivity index (χ3v) is 4.43. The molecule has 22 heavy (non-hydrogen) atoms. The minimum Gasteiger partial charge on any atom is -0.466 e. The molecule has 0 N–H and O–H groups in total. The number of allylic oxidation sites excluding steroid dienone is 1. The zero-order valence-electron chi connectivity index (χ0n) is 14.5. The van der Waals surface area contributed by atoms with Crippen LogP contribution in [0, 0.1) is 0 Å². The molecule has 0 aromatic carbocycles. The quantitative estimate of drug-likeness (QED) is 0.334. The van der Waals surface area contributed by atoms with E-state index in [1.54, 1.807) is 0 Å². The van der Waals surface area contributed by atoms with Crippen LogP contribution in [0.3, 0.4) is 0 Å². The van der Waals surface area contributed by atoms with Crippen molar-refractivity contribution >= 4 is 5.97 Å². The highest BCUT2D eigenvalue weighted by Gasteiger charge is 2.18. The third-order valence-electron chi connectivity index (χ3n) is 4.43. The van der Waals surface area contributed by atoms with Crippen molar-refractivity contribution in [2.24, 2.45) is 0 Å². The summed E-state index contributed by atoms with van der Waals surface area (Å²) in [6.45, 7) is 2.25. The van der Waals surface area contributed by atoms with E-state index in [9.17, 15) is 4.79 Å². The van der Waals surface area contributed by atoms with Gasteiger partial charge in [0, 0.05) is 6.08 Å². The molecule has 2 unspecified atom stereocenters. The Hall–Kier alpha value is -0.830. The molecule has 3 nitrogen and oxygen atoms in total. The lowest BCUT2D eigenvalue weighted by Crippen LogP contribution is -2.24. The molecule has 0 saturated carbocycles. The fourth-order valence-electron chi connectivity index (χ4n) is 3.08. The fraction of sp³-hybridized carbons (Fsp3) is 0.842. The van der Waals surface area contributed by atoms with Crippen molar-refractivity contribution in [3.8, 4) is 0 Å². The number of unbranched alkanes of at least 4 members (excludes halogenated alkanes) is 3. The van der Waals surface area contributed by atoms with Crippen LogP contribution in [0.25, 0.3) is 0 Å². The van der Waals surface area contributed by atoms with Crippen LogP contribution in [-0.4, -0.2) is 25.3 Å². The number of esters is 1. The maximum absolute atomic E-state index is 11.0. The molecule has 0 aromatic heterocycles. The first-order valence-electron chi connectivity index (χ1n) is 9.16. The van der Waals surface area contributed by atoms with Crippen LogP contribution in [0.4, 0.5) is 0 Å². The zero-order valence-corrected chi connectivity index (χ0v) is 14.5. The summed E-state index contributed by atoms with van der Waals surface area (Å²) in [7, 11) is 1.41. The van der Waals surface area contributed by atoms with Gasteiger partial charge in [0.25, 0.3) is 0 Å². The Labute approximate surface area is 136 Å². The molecular weight excluding hydrogens is 276 g/mol. The van der Waals surface area contributed by atoms with Crippen molar-refractivity contribution in [1.29, 1.82) is 0 Å². The molecule has 1 heterocycles. The van der Waals surface area contributed by atoms with Crippen LogP contribution in [0.2, 0.25) is 0 Å². The third kappa shape index (κ3) is 9.24. The second kappa shape index (κ2) is 12.7. The Bertz CT molecular complexity index is 312. The van der Waals surface area contributed by atoms with Crippen LogP contribution < -0.4 is 0 Å². The summed E-state index contributed by atoms with van der Waals surface area (Å²) in [6.07, 6.45) is 18.9. The molecule has 0 radical (unpaired) electrons. The summed E-state index contributed by atoms with van der Waals surface area (Å²) < 4.78 is 11.0. The predicted octanol–water partition coefficient (Wildman–Crippen LogP) is 5.18. The first-order chi connectivity index (χ1) is 10.8. The van der Waals surface area contributed by atoms with Crippen molar-refractivity contribution < 1.29 is 14.3 Å². The standard InChI is InChI=1S/C19H34O3/c1-3-4-5-7-12-17-13-8-6-9-14-18(22-17)15-10-11-16-19(20)21-2/h11,16-18H,3-10,12-15H2,1-2H3. The van der Waals surface area contributed by atoms with Gasteiger partial charge in [-0.05, 0) is 32.1 Å². The molecule has 0 bridgehead atoms. The Balaban J connectivity index is 2.30. The predicted molar refractivity (Wildman–Crippen MR) is 90.9 cm³/mol. The number of methoxy groups -OCH3 is 1. The van der Waals surface area contributed by atoms with Crippen molar-refractivity contribution in [3.05, 3.63) is 12.2 Å². The van der Waals surface area contributed by atoms with Crippen LogP contribution in [0.1, 0.15) is 84.0 Å². The Morgan fingerprint density at radius 2 is 1.82 bits per heavy atom. The van der Waals surface area contributed by atoms with Gasteiger partial charge in [-0.15, -0.1) is 0 Å². The maximum atomic E-state index is 11.0. The Morgan fingerprint density at radius 3 is 2.50 bits per heavy atom. The molecular formula is C19H34O3. The molecule has 0 spiro atoms. The normalized spacial score (nSPS) is 23.2. The topological polar surface area (TPSA) is 35.5 Å². The van der Waals surface area contributed by atoms with E-state index in [4.69, 9.17) is 4.74 Å². The summed E-state index contributed by atoms with van der Waals surface area (Å²) >= 11 is 0. The van der Waals surface area contributed by atoms with Crippen LogP contribution in [-0.2, 0) is 14.3 Å². The second-order valence-electron chi connectivity index (χ2n) is 6.37. The largest absolute Gasteiger partial charge is 0.466 e. The molecule has 1 aliphatic heterocycles. The lowest BCUT2D eigenvalue weighted by atomic mass is 9.98. The van der Waals surface area contributed by atoms with E-state index in [1.807, 2.05) is 6.08 Å². The summed E-state index contributed by atoms with van der Waals surface area (Å²) in [5, 5.41) is 0. The highest BCUT2D eigenvalue weighted by molar-refractivity contribution is 5.81. The van der Waals surface area contributed by atoms with E-state index >= 15 is 0 Å². The van der Waals surface area contributed by atoms with Gasteiger partial charge < -0.3 is 9.47 Å². The highest BCUT2D eigenvalue weighted by atomic mass is 16.5. The molecule has 1 rings (SSSR count). The van der Waals surface area contributed by atoms with Gasteiger partial charge in [0.05, 0.1) is 19.3 Å². The highest BCUT2D eigenvalue weighted by Crippen LogP contribution is 2.24. The van der Waals surface area contributed by atoms with E-state index in [-0.39, 0.29) is 5.97 Å². The molecule has 0 amide bonds. The van der Waals surface area contributed by atoms with Gasteiger partial charge in [0.1, 0.15) is 0 Å². The van der Waals surface area contributed by atoms with Crippen molar-refractivity contribution in [1.82, 2.24) is 0 Å². The molecule has 1 aliphatic rings. The summed E-state index contributed by atoms with van der Waals surface area (Å²) in [5.74, 6) is -0.271. The number of hydrogen-bond donors (Lipinski definition) is 0. The summed E-state index contributed by atoms with van der Waals surface area (Å²) in [5.41, 5.74) is 0. The lowest BCUT2D eigenvalue weighted by Gasteiger charge is -2.27. The number of carbonyl (C=O) groups excluding carboxylic acids is 1. The molecule has 0 aliphatic carbocycles. The first-order valence-corrected chi connectivity index (χ1v) is 9.16. The molecule has 1 saturated heterocycles. The van der Waals surface area contributed by atoms with Crippen molar-refractivity contribution in [3.63, 3.8) is 0 Å². The number of hydrogen-bond acceptors (Lipinski definition) is 3. The average molecular weight is 310 g/mol. The van der Waals surface area contributed by atoms with Crippen molar-refractivity contribution in [2.75, 3.05) is 7.11 Å². The van der Waals surface area contributed by atoms with Gasteiger partial charge in [-0.2, -0.15) is 0 Å². The molecule has 1 fully saturated rings. The Morgan fingerprint density at radius 1 is 1.09 bits per heavy atom. The number of rotatable bonds is 9. The average Bonchev–Trinajstić information content (AvgIpc) is 2.50. The monoisotopic (exact) mass is 310 g/mol. The first kappa shape index (κ1) is 19.2. The van der Waals surface area contributed by atoms with E-state index < -0.39 is 0 Å². The smallest absolute Gasteiger partial charge is 0.330 e. The van der Waals surface area contributed by atoms with E-state index in [0.29, 0.717) is 12.2 Å². The zero-order chi connectivity index (χ0) is 16.0. The fourth-order valence-corrected chi connectivity index (χ4v) is 3.08. The minimum absolute atomic E-state index is 0.271. The van der Waals surface area contributed by atoms with E-state index in [1.165, 1.54) is 71.0 Å². The van der Waals surface area contributed by atoms with Gasteiger partial charge >= 0.3 is 5.97 Å². The molecule has 2 atom stereocenters. The van der Waals surface area contributed by atoms with Gasteiger partial charge in [-0.3, -0.25) is 0 Å². The van der Waals surface area contributed by atoms with E-state index in [2.05, 4.69) is 11.7 Å². The molecule has 0 aromatic rings. The maximum Gasteiger partial charge on any atom is 0.330 e. The molecule has 3 heteroatoms. The van der Waals surface area contributed by atoms with Crippen LogP contribution >= 0.6 is 0 Å². The molecule has 128 valence electrons. The SMILES string of the molecule is CCCCCCC1CCCCCC(CCC=CC(=O)OC)O1. The van der Waals surface area contributed by atoms with Crippen LogP contribution in [0.15, 0.2) is 12.2 Å². The minimum atomic E-state index is -0.271.